The van der Waals surface area contributed by atoms with Gasteiger partial charge in [0, 0.05) is 19.1 Å². The lowest BCUT2D eigenvalue weighted by Gasteiger charge is -2.35. The quantitative estimate of drug-likeness (QED) is 0.805. The summed E-state index contributed by atoms with van der Waals surface area (Å²) < 4.78 is 33.7. The van der Waals surface area contributed by atoms with E-state index in [2.05, 4.69) is 0 Å². The van der Waals surface area contributed by atoms with Gasteiger partial charge < -0.3 is 9.64 Å². The Kier molecular flexibility index (Phi) is 5.03. The maximum absolute atomic E-state index is 13.4. The molecule has 0 bridgehead atoms. The van der Waals surface area contributed by atoms with Gasteiger partial charge in [-0.25, -0.2) is 8.42 Å². The molecule has 1 aromatic rings. The highest BCUT2D eigenvalue weighted by Crippen LogP contribution is 2.43. The second-order valence-electron chi connectivity index (χ2n) is 7.45. The Morgan fingerprint density at radius 2 is 1.73 bits per heavy atom. The Balaban J connectivity index is 1.68. The van der Waals surface area contributed by atoms with E-state index in [1.165, 1.54) is 0 Å². The normalized spacial score (nSPS) is 30.2. The predicted octanol–water partition coefficient (Wildman–Crippen LogP) is 1.87. The van der Waals surface area contributed by atoms with E-state index in [-0.39, 0.29) is 22.8 Å². The van der Waals surface area contributed by atoms with Gasteiger partial charge in [-0.1, -0.05) is 31.0 Å². The fraction of sp³-hybridized carbons (Fsp3) is 0.632. The lowest BCUT2D eigenvalue weighted by Crippen LogP contribution is -2.52. The summed E-state index contributed by atoms with van der Waals surface area (Å²) in [6, 6.07) is 7.90. The molecule has 3 aliphatic rings. The molecule has 142 valence electrons. The van der Waals surface area contributed by atoms with E-state index in [9.17, 15) is 13.2 Å². The van der Waals surface area contributed by atoms with Gasteiger partial charge >= 0.3 is 0 Å². The van der Waals surface area contributed by atoms with E-state index in [4.69, 9.17) is 4.74 Å². The van der Waals surface area contributed by atoms with Crippen molar-refractivity contribution in [1.29, 1.82) is 0 Å². The summed E-state index contributed by atoms with van der Waals surface area (Å²) in [5, 5.41) is 0. The molecule has 0 spiro atoms. The maximum Gasteiger partial charge on any atom is 0.244 e. The third kappa shape index (κ3) is 3.17. The fourth-order valence-electron chi connectivity index (χ4n) is 4.68. The van der Waals surface area contributed by atoms with Crippen molar-refractivity contribution in [1.82, 2.24) is 9.21 Å². The van der Waals surface area contributed by atoms with Crippen LogP contribution in [0.3, 0.4) is 0 Å². The number of fused-ring (bicyclic) bond motifs is 1. The molecule has 1 aliphatic carbocycles. The fourth-order valence-corrected chi connectivity index (χ4v) is 6.57. The zero-order valence-electron chi connectivity index (χ0n) is 14.9. The van der Waals surface area contributed by atoms with Crippen LogP contribution in [0.5, 0.6) is 0 Å². The van der Waals surface area contributed by atoms with E-state index in [1.54, 1.807) is 33.5 Å². The second kappa shape index (κ2) is 7.29. The number of rotatable bonds is 3. The smallest absolute Gasteiger partial charge is 0.244 e. The minimum absolute atomic E-state index is 0.0519. The van der Waals surface area contributed by atoms with Gasteiger partial charge in [0.2, 0.25) is 15.9 Å². The van der Waals surface area contributed by atoms with Crippen LogP contribution in [0, 0.1) is 5.92 Å². The van der Waals surface area contributed by atoms with E-state index in [1.807, 2.05) is 6.07 Å². The Morgan fingerprint density at radius 1 is 1.04 bits per heavy atom. The molecule has 26 heavy (non-hydrogen) atoms. The third-order valence-electron chi connectivity index (χ3n) is 5.96. The van der Waals surface area contributed by atoms with Gasteiger partial charge in [-0.3, -0.25) is 4.79 Å². The van der Waals surface area contributed by atoms with Crippen LogP contribution in [0.25, 0.3) is 0 Å². The van der Waals surface area contributed by atoms with Gasteiger partial charge in [-0.05, 0) is 37.3 Å². The molecule has 2 heterocycles. The van der Waals surface area contributed by atoms with Crippen LogP contribution in [0.15, 0.2) is 35.2 Å². The van der Waals surface area contributed by atoms with E-state index in [0.717, 1.165) is 25.7 Å². The average molecular weight is 378 g/mol. The molecule has 1 saturated carbocycles. The lowest BCUT2D eigenvalue weighted by atomic mass is 9.85. The Bertz CT molecular complexity index is 746. The molecule has 1 aromatic carbocycles. The molecule has 4 rings (SSSR count). The molecular weight excluding hydrogens is 352 g/mol. The van der Waals surface area contributed by atoms with Crippen molar-refractivity contribution in [2.24, 2.45) is 5.92 Å². The topological polar surface area (TPSA) is 66.9 Å². The van der Waals surface area contributed by atoms with Crippen LogP contribution in [-0.4, -0.2) is 61.9 Å². The van der Waals surface area contributed by atoms with Crippen LogP contribution < -0.4 is 0 Å². The summed E-state index contributed by atoms with van der Waals surface area (Å²) in [5.74, 6) is 0.236. The van der Waals surface area contributed by atoms with E-state index in [0.29, 0.717) is 32.7 Å². The van der Waals surface area contributed by atoms with Crippen LogP contribution in [0.2, 0.25) is 0 Å². The number of ether oxygens (including phenoxy) is 1. The van der Waals surface area contributed by atoms with Crippen molar-refractivity contribution in [3.63, 3.8) is 0 Å². The highest BCUT2D eigenvalue weighted by Gasteiger charge is 2.51. The first-order valence-electron chi connectivity index (χ1n) is 9.54. The van der Waals surface area contributed by atoms with Crippen molar-refractivity contribution >= 4 is 15.9 Å². The molecule has 7 heteroatoms. The number of hydrogen-bond acceptors (Lipinski definition) is 4. The number of sulfonamides is 1. The molecule has 2 aliphatic heterocycles. The van der Waals surface area contributed by atoms with Gasteiger partial charge in [0.15, 0.2) is 0 Å². The SMILES string of the molecule is O=C([C@@H]1C[C@@H]2CCCC[C@H]2N1S(=O)(=O)c1ccccc1)N1CCOCC1. The highest BCUT2D eigenvalue weighted by molar-refractivity contribution is 7.89. The largest absolute Gasteiger partial charge is 0.378 e. The average Bonchev–Trinajstić information content (AvgIpc) is 3.09. The monoisotopic (exact) mass is 378 g/mol. The van der Waals surface area contributed by atoms with Crippen LogP contribution in [-0.2, 0) is 19.6 Å². The second-order valence-corrected chi connectivity index (χ2v) is 9.29. The minimum atomic E-state index is -3.69. The van der Waals surface area contributed by atoms with Crippen molar-refractivity contribution < 1.29 is 17.9 Å². The summed E-state index contributed by atoms with van der Waals surface area (Å²) in [5.41, 5.74) is 0. The Hall–Kier alpha value is -1.44. The molecule has 0 aromatic heterocycles. The molecule has 3 fully saturated rings. The first-order chi connectivity index (χ1) is 12.6. The first-order valence-corrected chi connectivity index (χ1v) is 11.0. The van der Waals surface area contributed by atoms with Gasteiger partial charge in [-0.2, -0.15) is 4.31 Å². The number of carbonyl (C=O) groups is 1. The molecule has 1 amide bonds. The number of carbonyl (C=O) groups excluding carboxylic acids is 1. The Labute approximate surface area is 155 Å². The number of amides is 1. The zero-order valence-corrected chi connectivity index (χ0v) is 15.7. The zero-order chi connectivity index (χ0) is 18.1. The predicted molar refractivity (Wildman–Crippen MR) is 97.0 cm³/mol. The molecule has 2 saturated heterocycles. The molecule has 0 unspecified atom stereocenters. The summed E-state index contributed by atoms with van der Waals surface area (Å²) in [7, 11) is -3.69. The molecule has 6 nitrogen and oxygen atoms in total. The Morgan fingerprint density at radius 3 is 2.46 bits per heavy atom. The summed E-state index contributed by atoms with van der Waals surface area (Å²) in [6.45, 7) is 2.14. The molecule has 0 radical (unpaired) electrons. The van der Waals surface area contributed by atoms with Gasteiger partial charge in [0.1, 0.15) is 6.04 Å². The van der Waals surface area contributed by atoms with Crippen LogP contribution >= 0.6 is 0 Å². The number of benzene rings is 1. The first kappa shape index (κ1) is 17.9. The van der Waals surface area contributed by atoms with Gasteiger partial charge in [0.25, 0.3) is 0 Å². The van der Waals surface area contributed by atoms with E-state index < -0.39 is 16.1 Å². The summed E-state index contributed by atoms with van der Waals surface area (Å²) >= 11 is 0. The van der Waals surface area contributed by atoms with Gasteiger partial charge in [0.05, 0.1) is 18.1 Å². The van der Waals surface area contributed by atoms with Crippen LogP contribution in [0.4, 0.5) is 0 Å². The minimum Gasteiger partial charge on any atom is -0.378 e. The molecule has 3 atom stereocenters. The van der Waals surface area contributed by atoms with Gasteiger partial charge in [-0.15, -0.1) is 0 Å². The van der Waals surface area contributed by atoms with Crippen molar-refractivity contribution in [3.8, 4) is 0 Å². The van der Waals surface area contributed by atoms with E-state index >= 15 is 0 Å². The molecular formula is C19H26N2O4S. The van der Waals surface area contributed by atoms with Crippen molar-refractivity contribution in [2.75, 3.05) is 26.3 Å². The van der Waals surface area contributed by atoms with Crippen molar-refractivity contribution in [3.05, 3.63) is 30.3 Å². The summed E-state index contributed by atoms with van der Waals surface area (Å²) in [6.07, 6.45) is 4.66. The number of hydrogen-bond donors (Lipinski definition) is 0. The lowest BCUT2D eigenvalue weighted by molar-refractivity contribution is -0.139. The van der Waals surface area contributed by atoms with Crippen molar-refractivity contribution in [2.45, 2.75) is 49.1 Å². The number of morpholine rings is 1. The van der Waals surface area contributed by atoms with Crippen LogP contribution in [0.1, 0.15) is 32.1 Å². The molecule has 0 N–H and O–H groups in total. The summed E-state index contributed by atoms with van der Waals surface area (Å²) in [4.78, 5) is 15.3. The highest BCUT2D eigenvalue weighted by atomic mass is 32.2. The third-order valence-corrected chi connectivity index (χ3v) is 7.90. The number of nitrogens with zero attached hydrogens (tertiary/aromatic N) is 2. The standard InChI is InChI=1S/C19H26N2O4S/c22-19(20-10-12-25-13-11-20)18-14-15-6-4-5-9-17(15)21(18)26(23,24)16-7-2-1-3-8-16/h1-3,7-8,15,17-18H,4-6,9-14H2/t15-,17+,18-/m0/s1. The maximum atomic E-state index is 13.4.